The van der Waals surface area contributed by atoms with Crippen LogP contribution in [0.3, 0.4) is 0 Å². The highest BCUT2D eigenvalue weighted by atomic mass is 127. The summed E-state index contributed by atoms with van der Waals surface area (Å²) in [6, 6.07) is 4.75. The molecule has 6 nitrogen and oxygen atoms in total. The molecule has 2 rings (SSSR count). The van der Waals surface area contributed by atoms with Crippen LogP contribution in [0.2, 0.25) is 0 Å². The average Bonchev–Trinajstić information content (AvgIpc) is 2.32. The third kappa shape index (κ3) is 3.33. The monoisotopic (exact) mass is 373 g/mol. The third-order valence-corrected chi connectivity index (χ3v) is 3.79. The lowest BCUT2D eigenvalue weighted by Gasteiger charge is -2.26. The van der Waals surface area contributed by atoms with Crippen LogP contribution in [-0.2, 0) is 0 Å². The Morgan fingerprint density at radius 1 is 1.58 bits per heavy atom. The van der Waals surface area contributed by atoms with E-state index < -0.39 is 4.92 Å². The molecule has 0 saturated carbocycles. The van der Waals surface area contributed by atoms with Gasteiger partial charge in [0.15, 0.2) is 0 Å². The molecule has 1 N–H and O–H groups in total. The van der Waals surface area contributed by atoms with Gasteiger partial charge in [-0.15, -0.1) is 0 Å². The van der Waals surface area contributed by atoms with Crippen LogP contribution in [-0.4, -0.2) is 24.6 Å². The van der Waals surface area contributed by atoms with E-state index in [-0.39, 0.29) is 17.0 Å². The van der Waals surface area contributed by atoms with Gasteiger partial charge in [-0.3, -0.25) is 10.1 Å². The second-order valence-corrected chi connectivity index (χ2v) is 5.50. The topological polar surface area (TPSA) is 88.2 Å². The van der Waals surface area contributed by atoms with E-state index in [1.165, 1.54) is 6.07 Å². The van der Waals surface area contributed by atoms with E-state index in [0.29, 0.717) is 16.1 Å². The molecule has 1 aromatic carbocycles. The van der Waals surface area contributed by atoms with Crippen LogP contribution >= 0.6 is 22.6 Å². The highest BCUT2D eigenvalue weighted by Gasteiger charge is 2.22. The summed E-state index contributed by atoms with van der Waals surface area (Å²) in [5, 5.41) is 23.0. The Labute approximate surface area is 124 Å². The van der Waals surface area contributed by atoms with Crippen LogP contribution < -0.4 is 10.1 Å². The first kappa shape index (κ1) is 14.0. The maximum atomic E-state index is 11.0. The fourth-order valence-corrected chi connectivity index (χ4v) is 2.57. The molecule has 1 heterocycles. The lowest BCUT2D eigenvalue weighted by atomic mass is 10.0. The van der Waals surface area contributed by atoms with Crippen molar-refractivity contribution in [3.63, 3.8) is 0 Å². The van der Waals surface area contributed by atoms with Crippen LogP contribution in [0.1, 0.15) is 12.0 Å². The molecule has 19 heavy (non-hydrogen) atoms. The molecular weight excluding hydrogens is 361 g/mol. The number of hydrogen-bond donors (Lipinski definition) is 1. The first-order chi connectivity index (χ1) is 9.11. The summed E-state index contributed by atoms with van der Waals surface area (Å²) in [5.74, 6) is 0.854. The SMILES string of the molecule is N#Cc1cc(I)c(OCCC2CNC2)c([N+](=O)[O-])c1. The lowest BCUT2D eigenvalue weighted by Crippen LogP contribution is -2.42. The van der Waals surface area contributed by atoms with Crippen molar-refractivity contribution in [1.29, 1.82) is 5.26 Å². The van der Waals surface area contributed by atoms with E-state index in [1.807, 2.05) is 28.7 Å². The number of nitrogens with one attached hydrogen (secondary N) is 1. The molecule has 0 unspecified atom stereocenters. The van der Waals surface area contributed by atoms with Gasteiger partial charge in [0.05, 0.1) is 26.7 Å². The van der Waals surface area contributed by atoms with Crippen LogP contribution in [0, 0.1) is 30.9 Å². The summed E-state index contributed by atoms with van der Waals surface area (Å²) in [6.07, 6.45) is 0.875. The van der Waals surface area contributed by atoms with Crippen molar-refractivity contribution in [3.8, 4) is 11.8 Å². The standard InChI is InChI=1S/C12H12IN3O3/c13-10-3-9(5-14)4-11(16(17)18)12(10)19-2-1-8-6-15-7-8/h3-4,8,15H,1-2,6-7H2. The molecule has 0 aliphatic carbocycles. The smallest absolute Gasteiger partial charge is 0.313 e. The Kier molecular flexibility index (Phi) is 4.55. The molecule has 0 aromatic heterocycles. The van der Waals surface area contributed by atoms with Crippen molar-refractivity contribution in [3.05, 3.63) is 31.4 Å². The largest absolute Gasteiger partial charge is 0.486 e. The number of ether oxygens (including phenoxy) is 1. The number of rotatable bonds is 5. The zero-order chi connectivity index (χ0) is 13.8. The van der Waals surface area contributed by atoms with Gasteiger partial charge in [-0.05, 0) is 54.1 Å². The number of nitro groups is 1. The van der Waals surface area contributed by atoms with Crippen LogP contribution in [0.25, 0.3) is 0 Å². The summed E-state index contributed by atoms with van der Waals surface area (Å²) in [5.41, 5.74) is 0.127. The van der Waals surface area contributed by atoms with Gasteiger partial charge in [0.25, 0.3) is 0 Å². The van der Waals surface area contributed by atoms with Crippen LogP contribution in [0.4, 0.5) is 5.69 Å². The fourth-order valence-electron chi connectivity index (χ4n) is 1.80. The molecule has 0 amide bonds. The summed E-state index contributed by atoms with van der Waals surface area (Å²) >= 11 is 1.96. The van der Waals surface area contributed by atoms with Crippen molar-refractivity contribution >= 4 is 28.3 Å². The Hall–Kier alpha value is -1.40. The molecule has 0 radical (unpaired) electrons. The number of benzene rings is 1. The maximum absolute atomic E-state index is 11.0. The highest BCUT2D eigenvalue weighted by molar-refractivity contribution is 14.1. The second-order valence-electron chi connectivity index (χ2n) is 4.34. The summed E-state index contributed by atoms with van der Waals surface area (Å²) in [6.45, 7) is 2.42. The quantitative estimate of drug-likeness (QED) is 0.485. The van der Waals surface area contributed by atoms with E-state index >= 15 is 0 Å². The first-order valence-corrected chi connectivity index (χ1v) is 6.91. The van der Waals surface area contributed by atoms with Gasteiger partial charge in [-0.2, -0.15) is 5.26 Å². The zero-order valence-electron chi connectivity index (χ0n) is 10.1. The molecule has 0 bridgehead atoms. The van der Waals surface area contributed by atoms with E-state index in [9.17, 15) is 10.1 Å². The van der Waals surface area contributed by atoms with Crippen molar-refractivity contribution in [2.24, 2.45) is 5.92 Å². The van der Waals surface area contributed by atoms with Gasteiger partial charge in [0.1, 0.15) is 0 Å². The number of nitrogens with zero attached hydrogens (tertiary/aromatic N) is 2. The molecule has 1 aliphatic heterocycles. The summed E-state index contributed by atoms with van der Waals surface area (Å²) < 4.78 is 6.14. The predicted molar refractivity (Wildman–Crippen MR) is 77.0 cm³/mol. The van der Waals surface area contributed by atoms with Crippen molar-refractivity contribution < 1.29 is 9.66 Å². The van der Waals surface area contributed by atoms with Crippen molar-refractivity contribution in [2.75, 3.05) is 19.7 Å². The van der Waals surface area contributed by atoms with Gasteiger partial charge in [-0.1, -0.05) is 0 Å². The van der Waals surface area contributed by atoms with E-state index in [2.05, 4.69) is 5.32 Å². The maximum Gasteiger partial charge on any atom is 0.313 e. The summed E-state index contributed by atoms with van der Waals surface area (Å²) in [7, 11) is 0. The zero-order valence-corrected chi connectivity index (χ0v) is 12.2. The molecule has 7 heteroatoms. The van der Waals surface area contributed by atoms with Gasteiger partial charge >= 0.3 is 5.69 Å². The minimum atomic E-state index is -0.511. The fraction of sp³-hybridized carbons (Fsp3) is 0.417. The number of halogens is 1. The van der Waals surface area contributed by atoms with Crippen molar-refractivity contribution in [2.45, 2.75) is 6.42 Å². The lowest BCUT2D eigenvalue weighted by molar-refractivity contribution is -0.386. The normalized spacial score (nSPS) is 14.5. The number of hydrogen-bond acceptors (Lipinski definition) is 5. The van der Waals surface area contributed by atoms with Crippen molar-refractivity contribution in [1.82, 2.24) is 5.32 Å². The summed E-state index contributed by atoms with van der Waals surface area (Å²) in [4.78, 5) is 10.5. The van der Waals surface area contributed by atoms with E-state index in [0.717, 1.165) is 19.5 Å². The Morgan fingerprint density at radius 2 is 2.32 bits per heavy atom. The van der Waals surface area contributed by atoms with Gasteiger partial charge < -0.3 is 10.1 Å². The molecule has 0 atom stereocenters. The van der Waals surface area contributed by atoms with Gasteiger partial charge in [-0.25, -0.2) is 0 Å². The molecule has 1 fully saturated rings. The average molecular weight is 373 g/mol. The first-order valence-electron chi connectivity index (χ1n) is 5.83. The van der Waals surface area contributed by atoms with Gasteiger partial charge in [0.2, 0.25) is 5.75 Å². The van der Waals surface area contributed by atoms with E-state index in [4.69, 9.17) is 10.00 Å². The molecule has 0 spiro atoms. The number of nitro benzene ring substituents is 1. The van der Waals surface area contributed by atoms with Crippen LogP contribution in [0.15, 0.2) is 12.1 Å². The molecule has 100 valence electrons. The Bertz CT molecular complexity index is 538. The van der Waals surface area contributed by atoms with Crippen LogP contribution in [0.5, 0.6) is 5.75 Å². The second kappa shape index (κ2) is 6.16. The Morgan fingerprint density at radius 3 is 2.84 bits per heavy atom. The predicted octanol–water partition coefficient (Wildman–Crippen LogP) is 2.06. The minimum absolute atomic E-state index is 0.143. The number of nitriles is 1. The molecule has 1 saturated heterocycles. The Balaban J connectivity index is 2.13. The third-order valence-electron chi connectivity index (χ3n) is 2.99. The van der Waals surface area contributed by atoms with E-state index in [1.54, 1.807) is 6.07 Å². The minimum Gasteiger partial charge on any atom is -0.486 e. The molecule has 1 aliphatic rings. The molecule has 1 aromatic rings. The van der Waals surface area contributed by atoms with Gasteiger partial charge in [0, 0.05) is 6.07 Å². The highest BCUT2D eigenvalue weighted by Crippen LogP contribution is 2.33. The molecular formula is C12H12IN3O3.